The molecule has 22 heavy (non-hydrogen) atoms. The number of fused-ring (bicyclic) bond motifs is 2. The van der Waals surface area contributed by atoms with Gasteiger partial charge in [0.2, 0.25) is 5.88 Å². The molecule has 0 bridgehead atoms. The van der Waals surface area contributed by atoms with Crippen LogP contribution in [0.4, 0.5) is 0 Å². The van der Waals surface area contributed by atoms with Crippen LogP contribution >= 0.6 is 0 Å². The number of pyridine rings is 1. The summed E-state index contributed by atoms with van der Waals surface area (Å²) in [6.45, 7) is 4.28. The number of nitrogens with zero attached hydrogens (tertiary/aromatic N) is 3. The minimum atomic E-state index is 0.735. The SMILES string of the molecule is c1ccn2nc(OCCN3CCC4CCCCC4C3)cc2c1. The summed E-state index contributed by atoms with van der Waals surface area (Å²) in [5.41, 5.74) is 1.08. The van der Waals surface area contributed by atoms with E-state index in [-0.39, 0.29) is 0 Å². The fraction of sp³-hybridized carbons (Fsp3) is 0.611. The molecule has 4 heteroatoms. The lowest BCUT2D eigenvalue weighted by atomic mass is 9.75. The Balaban J connectivity index is 1.28. The van der Waals surface area contributed by atoms with E-state index in [4.69, 9.17) is 4.74 Å². The monoisotopic (exact) mass is 299 g/mol. The number of rotatable bonds is 4. The summed E-state index contributed by atoms with van der Waals surface area (Å²) in [7, 11) is 0. The first-order chi connectivity index (χ1) is 10.9. The molecule has 2 atom stereocenters. The van der Waals surface area contributed by atoms with Crippen LogP contribution < -0.4 is 4.74 Å². The molecule has 2 aromatic rings. The van der Waals surface area contributed by atoms with Gasteiger partial charge in [0, 0.05) is 25.4 Å². The number of ether oxygens (including phenoxy) is 1. The maximum absolute atomic E-state index is 5.86. The van der Waals surface area contributed by atoms with Crippen molar-refractivity contribution >= 4 is 5.52 Å². The molecule has 0 amide bonds. The van der Waals surface area contributed by atoms with Gasteiger partial charge in [-0.1, -0.05) is 25.3 Å². The van der Waals surface area contributed by atoms with E-state index in [2.05, 4.69) is 10.00 Å². The highest BCUT2D eigenvalue weighted by Crippen LogP contribution is 2.35. The smallest absolute Gasteiger partial charge is 0.233 e. The average molecular weight is 299 g/mol. The van der Waals surface area contributed by atoms with Crippen molar-refractivity contribution in [2.24, 2.45) is 11.8 Å². The average Bonchev–Trinajstić information content (AvgIpc) is 2.97. The number of hydrogen-bond acceptors (Lipinski definition) is 3. The van der Waals surface area contributed by atoms with Crippen molar-refractivity contribution < 1.29 is 4.74 Å². The molecule has 1 aliphatic heterocycles. The predicted octanol–water partition coefficient (Wildman–Crippen LogP) is 3.23. The first-order valence-electron chi connectivity index (χ1n) is 8.68. The standard InChI is InChI=1S/C18H25N3O/c1-2-6-16-14-20(10-8-15(16)5-1)11-12-22-18-13-17-7-3-4-9-21(17)19-18/h3-4,7,9,13,15-16H,1-2,5-6,8,10-12,14H2. The van der Waals surface area contributed by atoms with Crippen LogP contribution in [0, 0.1) is 11.8 Å². The van der Waals surface area contributed by atoms with Crippen LogP contribution in [0.2, 0.25) is 0 Å². The molecular formula is C18H25N3O. The van der Waals surface area contributed by atoms with Crippen LogP contribution in [0.25, 0.3) is 5.52 Å². The van der Waals surface area contributed by atoms with Gasteiger partial charge >= 0.3 is 0 Å². The molecule has 2 aliphatic rings. The van der Waals surface area contributed by atoms with Gasteiger partial charge < -0.3 is 4.74 Å². The third-order valence-corrected chi connectivity index (χ3v) is 5.38. The second-order valence-corrected chi connectivity index (χ2v) is 6.80. The first kappa shape index (κ1) is 14.1. The maximum atomic E-state index is 5.86. The van der Waals surface area contributed by atoms with Gasteiger partial charge in [-0.2, -0.15) is 0 Å². The molecule has 0 aromatic carbocycles. The van der Waals surface area contributed by atoms with Gasteiger partial charge in [-0.15, -0.1) is 5.10 Å². The van der Waals surface area contributed by atoms with Gasteiger partial charge in [0.05, 0.1) is 5.52 Å². The second-order valence-electron chi connectivity index (χ2n) is 6.80. The fourth-order valence-electron chi connectivity index (χ4n) is 4.14. The van der Waals surface area contributed by atoms with Crippen molar-refractivity contribution in [3.63, 3.8) is 0 Å². The lowest BCUT2D eigenvalue weighted by Crippen LogP contribution is -2.43. The first-order valence-corrected chi connectivity index (χ1v) is 8.68. The normalized spacial score (nSPS) is 26.0. The van der Waals surface area contributed by atoms with Crippen molar-refractivity contribution in [3.05, 3.63) is 30.5 Å². The largest absolute Gasteiger partial charge is 0.475 e. The third-order valence-electron chi connectivity index (χ3n) is 5.38. The lowest BCUT2D eigenvalue weighted by Gasteiger charge is -2.41. The van der Waals surface area contributed by atoms with E-state index < -0.39 is 0 Å². The second kappa shape index (κ2) is 6.29. The zero-order valence-electron chi connectivity index (χ0n) is 13.2. The van der Waals surface area contributed by atoms with Crippen LogP contribution in [0.3, 0.4) is 0 Å². The van der Waals surface area contributed by atoms with Crippen molar-refractivity contribution in [1.29, 1.82) is 0 Å². The molecule has 2 fully saturated rings. The van der Waals surface area contributed by atoms with Crippen LogP contribution in [0.5, 0.6) is 5.88 Å². The van der Waals surface area contributed by atoms with Gasteiger partial charge in [-0.3, -0.25) is 4.90 Å². The molecule has 2 unspecified atom stereocenters. The summed E-state index contributed by atoms with van der Waals surface area (Å²) in [4.78, 5) is 2.59. The Hall–Kier alpha value is -1.55. The van der Waals surface area contributed by atoms with Crippen molar-refractivity contribution in [1.82, 2.24) is 14.5 Å². The lowest BCUT2D eigenvalue weighted by molar-refractivity contribution is 0.0761. The Kier molecular flexibility index (Phi) is 4.02. The summed E-state index contributed by atoms with van der Waals surface area (Å²) in [5.74, 6) is 2.68. The predicted molar refractivity (Wildman–Crippen MR) is 87.2 cm³/mol. The minimum absolute atomic E-state index is 0.735. The van der Waals surface area contributed by atoms with Crippen molar-refractivity contribution in [2.45, 2.75) is 32.1 Å². The molecule has 4 rings (SSSR count). The summed E-state index contributed by atoms with van der Waals surface area (Å²) in [6, 6.07) is 8.06. The van der Waals surface area contributed by atoms with E-state index in [1.54, 1.807) is 0 Å². The molecule has 0 radical (unpaired) electrons. The van der Waals surface area contributed by atoms with E-state index in [1.807, 2.05) is 35.0 Å². The Bertz CT molecular complexity index is 591. The van der Waals surface area contributed by atoms with Crippen LogP contribution in [0.15, 0.2) is 30.5 Å². The molecule has 0 spiro atoms. The van der Waals surface area contributed by atoms with Gasteiger partial charge in [0.25, 0.3) is 0 Å². The highest BCUT2D eigenvalue weighted by atomic mass is 16.5. The molecular weight excluding hydrogens is 274 g/mol. The minimum Gasteiger partial charge on any atom is -0.475 e. The maximum Gasteiger partial charge on any atom is 0.233 e. The highest BCUT2D eigenvalue weighted by Gasteiger charge is 2.30. The number of aromatic nitrogens is 2. The summed E-state index contributed by atoms with van der Waals surface area (Å²) in [5, 5.41) is 4.44. The van der Waals surface area contributed by atoms with Gasteiger partial charge in [0.15, 0.2) is 0 Å². The zero-order chi connectivity index (χ0) is 14.8. The summed E-state index contributed by atoms with van der Waals surface area (Å²) in [6.07, 6.45) is 9.14. The van der Waals surface area contributed by atoms with Gasteiger partial charge in [0.1, 0.15) is 6.61 Å². The molecule has 0 N–H and O–H groups in total. The van der Waals surface area contributed by atoms with Gasteiger partial charge in [-0.25, -0.2) is 4.52 Å². The Morgan fingerprint density at radius 2 is 2.05 bits per heavy atom. The molecule has 1 saturated heterocycles. The van der Waals surface area contributed by atoms with Gasteiger partial charge in [-0.05, 0) is 43.4 Å². The summed E-state index contributed by atoms with van der Waals surface area (Å²) < 4.78 is 7.72. The molecule has 1 aliphatic carbocycles. The van der Waals surface area contributed by atoms with E-state index in [1.165, 1.54) is 45.2 Å². The molecule has 2 aromatic heterocycles. The Morgan fingerprint density at radius 3 is 2.95 bits per heavy atom. The molecule has 3 heterocycles. The van der Waals surface area contributed by atoms with E-state index in [9.17, 15) is 0 Å². The van der Waals surface area contributed by atoms with E-state index in [0.29, 0.717) is 0 Å². The molecule has 1 saturated carbocycles. The number of hydrogen-bond donors (Lipinski definition) is 0. The van der Waals surface area contributed by atoms with Crippen molar-refractivity contribution in [3.8, 4) is 5.88 Å². The van der Waals surface area contributed by atoms with Crippen LogP contribution in [-0.4, -0.2) is 40.8 Å². The number of likely N-dealkylation sites (tertiary alicyclic amines) is 1. The highest BCUT2D eigenvalue weighted by molar-refractivity contribution is 5.48. The van der Waals surface area contributed by atoms with Crippen molar-refractivity contribution in [2.75, 3.05) is 26.2 Å². The van der Waals surface area contributed by atoms with E-state index >= 15 is 0 Å². The Labute approximate surface area is 132 Å². The molecule has 4 nitrogen and oxygen atoms in total. The van der Waals surface area contributed by atoms with E-state index in [0.717, 1.165) is 36.4 Å². The van der Waals surface area contributed by atoms with Crippen LogP contribution in [-0.2, 0) is 0 Å². The quantitative estimate of drug-likeness (QED) is 0.868. The topological polar surface area (TPSA) is 29.8 Å². The summed E-state index contributed by atoms with van der Waals surface area (Å²) >= 11 is 0. The van der Waals surface area contributed by atoms with Crippen LogP contribution in [0.1, 0.15) is 32.1 Å². The Morgan fingerprint density at radius 1 is 1.14 bits per heavy atom. The third kappa shape index (κ3) is 2.98. The fourth-order valence-corrected chi connectivity index (χ4v) is 4.14. The zero-order valence-corrected chi connectivity index (χ0v) is 13.2. The number of piperidine rings is 1. The molecule has 118 valence electrons.